The Morgan fingerprint density at radius 2 is 2.19 bits per heavy atom. The molecule has 4 nitrogen and oxygen atoms in total. The molecule has 1 atom stereocenters. The zero-order valence-corrected chi connectivity index (χ0v) is 10.2. The molecule has 0 aliphatic carbocycles. The molecule has 90 valence electrons. The van der Waals surface area contributed by atoms with Gasteiger partial charge in [0.25, 0.3) is 0 Å². The lowest BCUT2D eigenvalue weighted by Crippen LogP contribution is -2.12. The van der Waals surface area contributed by atoms with Crippen LogP contribution in [0.25, 0.3) is 0 Å². The second-order valence-corrected chi connectivity index (χ2v) is 4.44. The average Bonchev–Trinajstić information content (AvgIpc) is 2.26. The van der Waals surface area contributed by atoms with Gasteiger partial charge in [-0.25, -0.2) is 10.8 Å². The van der Waals surface area contributed by atoms with E-state index in [0.29, 0.717) is 18.3 Å². The van der Waals surface area contributed by atoms with Crippen molar-refractivity contribution >= 4 is 5.82 Å². The van der Waals surface area contributed by atoms with Crippen LogP contribution in [0, 0.1) is 5.92 Å². The van der Waals surface area contributed by atoms with Crippen LogP contribution >= 0.6 is 0 Å². The topological polar surface area (TPSA) is 60.2 Å². The fourth-order valence-electron chi connectivity index (χ4n) is 1.61. The van der Waals surface area contributed by atoms with Crippen LogP contribution in [0.3, 0.4) is 0 Å². The van der Waals surface area contributed by atoms with E-state index in [2.05, 4.69) is 31.2 Å². The minimum absolute atomic E-state index is 0.280. The van der Waals surface area contributed by atoms with Crippen molar-refractivity contribution in [2.24, 2.45) is 11.8 Å². The minimum atomic E-state index is 0.280. The van der Waals surface area contributed by atoms with Crippen LogP contribution in [0.1, 0.15) is 32.8 Å². The smallest absolute Gasteiger partial charge is 0.140 e. The second kappa shape index (κ2) is 6.45. The highest BCUT2D eigenvalue weighted by Gasteiger charge is 2.05. The highest BCUT2D eigenvalue weighted by molar-refractivity contribution is 5.35. The van der Waals surface area contributed by atoms with Crippen LogP contribution in [0.2, 0.25) is 0 Å². The van der Waals surface area contributed by atoms with Gasteiger partial charge in [0.05, 0.1) is 12.7 Å². The Morgan fingerprint density at radius 3 is 2.81 bits per heavy atom. The Labute approximate surface area is 97.2 Å². The van der Waals surface area contributed by atoms with Gasteiger partial charge in [-0.1, -0.05) is 13.8 Å². The molecule has 1 aromatic rings. The molecular formula is C12H21N3O. The van der Waals surface area contributed by atoms with Gasteiger partial charge in [-0.15, -0.1) is 0 Å². The fourth-order valence-corrected chi connectivity index (χ4v) is 1.61. The summed E-state index contributed by atoms with van der Waals surface area (Å²) in [4.78, 5) is 4.04. The molecule has 1 aromatic heterocycles. The van der Waals surface area contributed by atoms with Gasteiger partial charge in [-0.3, -0.25) is 0 Å². The van der Waals surface area contributed by atoms with Gasteiger partial charge in [0, 0.05) is 6.20 Å². The monoisotopic (exact) mass is 223 g/mol. The molecule has 1 heterocycles. The molecule has 0 saturated heterocycles. The summed E-state index contributed by atoms with van der Waals surface area (Å²) in [7, 11) is 0. The summed E-state index contributed by atoms with van der Waals surface area (Å²) in [6, 6.07) is 3.82. The quantitative estimate of drug-likeness (QED) is 0.574. The molecule has 4 heteroatoms. The van der Waals surface area contributed by atoms with E-state index >= 15 is 0 Å². The van der Waals surface area contributed by atoms with Crippen molar-refractivity contribution in [3.05, 3.63) is 23.9 Å². The van der Waals surface area contributed by atoms with Crippen molar-refractivity contribution in [2.45, 2.75) is 39.9 Å². The molecule has 0 radical (unpaired) electrons. The second-order valence-electron chi connectivity index (χ2n) is 4.44. The van der Waals surface area contributed by atoms with Crippen LogP contribution in [0.4, 0.5) is 5.82 Å². The Hall–Kier alpha value is -1.13. The van der Waals surface area contributed by atoms with Crippen LogP contribution in [-0.2, 0) is 11.3 Å². The maximum Gasteiger partial charge on any atom is 0.140 e. The van der Waals surface area contributed by atoms with Crippen molar-refractivity contribution in [1.82, 2.24) is 4.98 Å². The zero-order chi connectivity index (χ0) is 12.0. The van der Waals surface area contributed by atoms with E-state index in [1.807, 2.05) is 12.1 Å². The summed E-state index contributed by atoms with van der Waals surface area (Å²) in [6.45, 7) is 7.10. The van der Waals surface area contributed by atoms with Gasteiger partial charge in [-0.05, 0) is 37.0 Å². The van der Waals surface area contributed by atoms with E-state index in [9.17, 15) is 0 Å². The van der Waals surface area contributed by atoms with Crippen molar-refractivity contribution in [3.8, 4) is 0 Å². The lowest BCUT2D eigenvalue weighted by molar-refractivity contribution is 0.0397. The van der Waals surface area contributed by atoms with Gasteiger partial charge < -0.3 is 10.2 Å². The standard InChI is InChI=1S/C12H21N3O/c1-9(2)6-10(3)16-8-11-4-5-14-12(7-11)15-13/h4-5,7,9-10H,6,8,13H2,1-3H3,(H,14,15). The van der Waals surface area contributed by atoms with Crippen LogP contribution in [0.15, 0.2) is 18.3 Å². The molecule has 0 amide bonds. The summed E-state index contributed by atoms with van der Waals surface area (Å²) in [5.41, 5.74) is 3.60. The van der Waals surface area contributed by atoms with Gasteiger partial charge in [-0.2, -0.15) is 0 Å². The van der Waals surface area contributed by atoms with Crippen molar-refractivity contribution in [3.63, 3.8) is 0 Å². The van der Waals surface area contributed by atoms with E-state index in [1.54, 1.807) is 6.20 Å². The van der Waals surface area contributed by atoms with Crippen molar-refractivity contribution in [1.29, 1.82) is 0 Å². The maximum absolute atomic E-state index is 5.74. The van der Waals surface area contributed by atoms with Gasteiger partial charge in [0.15, 0.2) is 0 Å². The molecule has 0 aliphatic rings. The molecule has 16 heavy (non-hydrogen) atoms. The number of hydrogen-bond donors (Lipinski definition) is 2. The Bertz CT molecular complexity index is 315. The molecule has 0 fully saturated rings. The fraction of sp³-hybridized carbons (Fsp3) is 0.583. The number of aromatic nitrogens is 1. The molecular weight excluding hydrogens is 202 g/mol. The lowest BCUT2D eigenvalue weighted by Gasteiger charge is -2.15. The first kappa shape index (κ1) is 12.9. The predicted octanol–water partition coefficient (Wildman–Crippen LogP) is 2.32. The number of rotatable bonds is 6. The molecule has 3 N–H and O–H groups in total. The number of nitrogens with zero attached hydrogens (tertiary/aromatic N) is 1. The van der Waals surface area contributed by atoms with Gasteiger partial charge >= 0.3 is 0 Å². The first-order valence-corrected chi connectivity index (χ1v) is 5.65. The highest BCUT2D eigenvalue weighted by atomic mass is 16.5. The number of nitrogen functional groups attached to an aromatic ring is 1. The Balaban J connectivity index is 2.41. The van der Waals surface area contributed by atoms with Crippen LogP contribution in [-0.4, -0.2) is 11.1 Å². The van der Waals surface area contributed by atoms with E-state index < -0.39 is 0 Å². The average molecular weight is 223 g/mol. The highest BCUT2D eigenvalue weighted by Crippen LogP contribution is 2.12. The summed E-state index contributed by atoms with van der Waals surface area (Å²) < 4.78 is 5.74. The van der Waals surface area contributed by atoms with E-state index in [4.69, 9.17) is 10.6 Å². The van der Waals surface area contributed by atoms with E-state index in [1.165, 1.54) is 0 Å². The third-order valence-electron chi connectivity index (χ3n) is 2.31. The third-order valence-corrected chi connectivity index (χ3v) is 2.31. The van der Waals surface area contributed by atoms with E-state index in [-0.39, 0.29) is 6.10 Å². The SMILES string of the molecule is CC(C)CC(C)OCc1ccnc(NN)c1. The number of hydrogen-bond acceptors (Lipinski definition) is 4. The molecule has 0 aliphatic heterocycles. The number of nitrogens with two attached hydrogens (primary N) is 1. The molecule has 0 bridgehead atoms. The van der Waals surface area contributed by atoms with Crippen molar-refractivity contribution in [2.75, 3.05) is 5.43 Å². The molecule has 0 saturated carbocycles. The number of pyridine rings is 1. The first-order chi connectivity index (χ1) is 7.61. The number of anilines is 1. The minimum Gasteiger partial charge on any atom is -0.374 e. The Morgan fingerprint density at radius 1 is 1.44 bits per heavy atom. The zero-order valence-electron chi connectivity index (χ0n) is 10.2. The summed E-state index contributed by atoms with van der Waals surface area (Å²) >= 11 is 0. The largest absolute Gasteiger partial charge is 0.374 e. The first-order valence-electron chi connectivity index (χ1n) is 5.65. The van der Waals surface area contributed by atoms with Gasteiger partial charge in [0.2, 0.25) is 0 Å². The molecule has 0 aromatic carbocycles. The predicted molar refractivity (Wildman–Crippen MR) is 65.8 cm³/mol. The third kappa shape index (κ3) is 4.59. The molecule has 1 rings (SSSR count). The lowest BCUT2D eigenvalue weighted by atomic mass is 10.1. The summed E-state index contributed by atoms with van der Waals surface area (Å²) in [5.74, 6) is 6.61. The maximum atomic E-state index is 5.74. The number of ether oxygens (including phenoxy) is 1. The van der Waals surface area contributed by atoms with E-state index in [0.717, 1.165) is 12.0 Å². The summed E-state index contributed by atoms with van der Waals surface area (Å²) in [6.07, 6.45) is 3.08. The number of nitrogens with one attached hydrogen (secondary N) is 1. The van der Waals surface area contributed by atoms with Crippen LogP contribution in [0.5, 0.6) is 0 Å². The summed E-state index contributed by atoms with van der Waals surface area (Å²) in [5, 5.41) is 0. The van der Waals surface area contributed by atoms with Crippen molar-refractivity contribution < 1.29 is 4.74 Å². The van der Waals surface area contributed by atoms with Crippen LogP contribution < -0.4 is 11.3 Å². The van der Waals surface area contributed by atoms with Gasteiger partial charge in [0.1, 0.15) is 5.82 Å². The number of hydrazine groups is 1. The molecule has 1 unspecified atom stereocenters. The Kier molecular flexibility index (Phi) is 5.22. The molecule has 0 spiro atoms. The normalized spacial score (nSPS) is 12.8.